The summed E-state index contributed by atoms with van der Waals surface area (Å²) in [5.41, 5.74) is 7.91. The molecule has 0 unspecified atom stereocenters. The number of hydrogen-bond donors (Lipinski definition) is 0. The molecule has 2 heterocycles. The number of fused-ring (bicyclic) bond motifs is 3. The fourth-order valence-electron chi connectivity index (χ4n) is 5.52. The molecule has 0 radical (unpaired) electrons. The molecule has 0 aliphatic heterocycles. The lowest BCUT2D eigenvalue weighted by atomic mass is 9.94. The molecule has 5 aromatic rings. The largest absolute Gasteiger partial charge is 0.454 e. The van der Waals surface area contributed by atoms with E-state index in [9.17, 15) is 0 Å². The van der Waals surface area contributed by atoms with Gasteiger partial charge in [0.15, 0.2) is 6.20 Å². The number of benzene rings is 3. The Labute approximate surface area is 193 Å². The van der Waals surface area contributed by atoms with E-state index in [1.54, 1.807) is 6.07 Å². The Balaban J connectivity index is 1.57. The highest BCUT2D eigenvalue weighted by Crippen LogP contribution is 2.42. The lowest BCUT2D eigenvalue weighted by molar-refractivity contribution is -0.660. The van der Waals surface area contributed by atoms with Crippen molar-refractivity contribution in [1.82, 2.24) is 0 Å². The van der Waals surface area contributed by atoms with Crippen LogP contribution in [0.2, 0.25) is 0 Å². The molecular weight excluding hydrogens is 409 g/mol. The van der Waals surface area contributed by atoms with Gasteiger partial charge in [-0.1, -0.05) is 49.2 Å². The van der Waals surface area contributed by atoms with Gasteiger partial charge in [0.25, 0.3) is 0 Å². The van der Waals surface area contributed by atoms with Crippen molar-refractivity contribution in [2.45, 2.75) is 38.5 Å². The van der Waals surface area contributed by atoms with E-state index in [1.807, 2.05) is 37.5 Å². The monoisotopic (exact) mass is 436 g/mol. The van der Waals surface area contributed by atoms with Crippen molar-refractivity contribution in [2.24, 2.45) is 7.05 Å². The van der Waals surface area contributed by atoms with Gasteiger partial charge >= 0.3 is 0 Å². The zero-order valence-corrected chi connectivity index (χ0v) is 19.1. The first-order valence-electron chi connectivity index (χ1n) is 11.8. The van der Waals surface area contributed by atoms with Crippen molar-refractivity contribution in [1.29, 1.82) is 0 Å². The summed E-state index contributed by atoms with van der Waals surface area (Å²) >= 11 is 0. The normalized spacial score (nSPS) is 14.5. The molecule has 1 aliphatic rings. The number of furan rings is 1. The van der Waals surface area contributed by atoms with Crippen LogP contribution in [0.5, 0.6) is 0 Å². The zero-order valence-electron chi connectivity index (χ0n) is 19.1. The van der Waals surface area contributed by atoms with Crippen LogP contribution < -0.4 is 4.57 Å². The molecule has 0 N–H and O–H groups in total. The van der Waals surface area contributed by atoms with E-state index in [0.29, 0.717) is 16.9 Å². The molecule has 0 saturated heterocycles. The summed E-state index contributed by atoms with van der Waals surface area (Å²) in [5.74, 6) is 0.429. The van der Waals surface area contributed by atoms with Gasteiger partial charge in [-0.2, -0.15) is 0 Å². The minimum absolute atomic E-state index is 0.248. The van der Waals surface area contributed by atoms with Crippen LogP contribution in [-0.4, -0.2) is 0 Å². The Morgan fingerprint density at radius 2 is 1.67 bits per heavy atom. The third kappa shape index (κ3) is 3.26. The van der Waals surface area contributed by atoms with E-state index in [4.69, 9.17) is 4.42 Å². The molecule has 164 valence electrons. The maximum atomic E-state index is 15.2. The second kappa shape index (κ2) is 7.84. The molecule has 0 atom stereocenters. The van der Waals surface area contributed by atoms with Crippen LogP contribution in [0.4, 0.5) is 4.39 Å². The predicted molar refractivity (Wildman–Crippen MR) is 132 cm³/mol. The Morgan fingerprint density at radius 3 is 2.42 bits per heavy atom. The van der Waals surface area contributed by atoms with Gasteiger partial charge in [0, 0.05) is 23.1 Å². The number of aromatic nitrogens is 1. The fourth-order valence-corrected chi connectivity index (χ4v) is 5.52. The van der Waals surface area contributed by atoms with Gasteiger partial charge in [0.1, 0.15) is 24.0 Å². The molecular formula is C30H27FNO+. The lowest BCUT2D eigenvalue weighted by Gasteiger charge is -2.10. The predicted octanol–water partition coefficient (Wildman–Crippen LogP) is 7.85. The van der Waals surface area contributed by atoms with Crippen LogP contribution in [0.25, 0.3) is 44.3 Å². The number of aryl methyl sites for hydroxylation is 2. The van der Waals surface area contributed by atoms with Crippen molar-refractivity contribution in [3.63, 3.8) is 0 Å². The highest BCUT2D eigenvalue weighted by molar-refractivity contribution is 6.13. The second-order valence-corrected chi connectivity index (χ2v) is 9.34. The van der Waals surface area contributed by atoms with Crippen LogP contribution in [0.3, 0.4) is 0 Å². The van der Waals surface area contributed by atoms with E-state index in [-0.39, 0.29) is 5.82 Å². The number of hydrogen-bond acceptors (Lipinski definition) is 1. The first-order valence-corrected chi connectivity index (χ1v) is 11.8. The highest BCUT2D eigenvalue weighted by Gasteiger charge is 2.23. The first kappa shape index (κ1) is 20.2. The average Bonchev–Trinajstić information content (AvgIpc) is 3.49. The van der Waals surface area contributed by atoms with Crippen molar-refractivity contribution < 1.29 is 13.4 Å². The Kier molecular flexibility index (Phi) is 4.79. The van der Waals surface area contributed by atoms with Gasteiger partial charge in [-0.25, -0.2) is 8.96 Å². The van der Waals surface area contributed by atoms with Gasteiger partial charge in [-0.15, -0.1) is 0 Å². The third-order valence-corrected chi connectivity index (χ3v) is 7.31. The molecule has 0 spiro atoms. The maximum absolute atomic E-state index is 15.2. The molecule has 0 bridgehead atoms. The van der Waals surface area contributed by atoms with Crippen LogP contribution >= 0.6 is 0 Å². The molecule has 2 aromatic heterocycles. The molecule has 3 aromatic carbocycles. The van der Waals surface area contributed by atoms with Gasteiger partial charge in [-0.05, 0) is 60.6 Å². The molecule has 1 aliphatic carbocycles. The SMILES string of the molecule is Cc1ccc2c(oc3c(-c4ccc(C5CCCC5)cc4)ccc(F)c32)c1-c1cccc[n+]1C. The highest BCUT2D eigenvalue weighted by atomic mass is 19.1. The van der Waals surface area contributed by atoms with Crippen LogP contribution in [0.15, 0.2) is 77.3 Å². The zero-order chi connectivity index (χ0) is 22.5. The van der Waals surface area contributed by atoms with Crippen molar-refractivity contribution >= 4 is 21.9 Å². The van der Waals surface area contributed by atoms with E-state index in [2.05, 4.69) is 47.9 Å². The van der Waals surface area contributed by atoms with E-state index in [1.165, 1.54) is 31.2 Å². The van der Waals surface area contributed by atoms with Crippen LogP contribution in [0.1, 0.15) is 42.7 Å². The summed E-state index contributed by atoms with van der Waals surface area (Å²) in [5, 5.41) is 1.37. The molecule has 1 saturated carbocycles. The average molecular weight is 437 g/mol. The summed E-state index contributed by atoms with van der Waals surface area (Å²) in [6.45, 7) is 2.08. The van der Waals surface area contributed by atoms with Gasteiger partial charge < -0.3 is 4.42 Å². The summed E-state index contributed by atoms with van der Waals surface area (Å²) in [6.07, 6.45) is 7.23. The summed E-state index contributed by atoms with van der Waals surface area (Å²) in [6, 6.07) is 22.4. The molecule has 6 rings (SSSR count). The van der Waals surface area contributed by atoms with Crippen LogP contribution in [-0.2, 0) is 7.05 Å². The summed E-state index contributed by atoms with van der Waals surface area (Å²) in [7, 11) is 2.02. The van der Waals surface area contributed by atoms with Crippen molar-refractivity contribution in [3.05, 3.63) is 89.9 Å². The molecule has 3 heteroatoms. The second-order valence-electron chi connectivity index (χ2n) is 9.34. The van der Waals surface area contributed by atoms with Gasteiger partial charge in [0.2, 0.25) is 5.69 Å². The Bertz CT molecular complexity index is 1490. The molecule has 1 fully saturated rings. The lowest BCUT2D eigenvalue weighted by Crippen LogP contribution is -2.30. The molecule has 33 heavy (non-hydrogen) atoms. The number of pyridine rings is 1. The third-order valence-electron chi connectivity index (χ3n) is 7.31. The minimum atomic E-state index is -0.248. The minimum Gasteiger partial charge on any atom is -0.454 e. The smallest absolute Gasteiger partial charge is 0.216 e. The van der Waals surface area contributed by atoms with Crippen molar-refractivity contribution in [3.8, 4) is 22.4 Å². The summed E-state index contributed by atoms with van der Waals surface area (Å²) < 4.78 is 23.8. The standard InChI is InChI=1S/C30H27FNO/c1-19-10-15-24-28-25(31)17-16-23(22-13-11-21(12-14-22)20-7-3-4-8-20)29(28)33-30(24)27(19)26-9-5-6-18-32(26)2/h5-6,9-18,20H,3-4,7-8H2,1-2H3/q+1. The van der Waals surface area contributed by atoms with E-state index in [0.717, 1.165) is 38.9 Å². The Morgan fingerprint density at radius 1 is 0.879 bits per heavy atom. The van der Waals surface area contributed by atoms with Crippen LogP contribution in [0, 0.1) is 12.7 Å². The number of nitrogens with zero attached hydrogens (tertiary/aromatic N) is 1. The van der Waals surface area contributed by atoms with E-state index >= 15 is 4.39 Å². The Hall–Kier alpha value is -3.46. The van der Waals surface area contributed by atoms with Gasteiger partial charge in [-0.3, -0.25) is 0 Å². The molecule has 0 amide bonds. The summed E-state index contributed by atoms with van der Waals surface area (Å²) in [4.78, 5) is 0. The topological polar surface area (TPSA) is 17.0 Å². The first-order chi connectivity index (χ1) is 16.1. The molecule has 2 nitrogen and oxygen atoms in total. The van der Waals surface area contributed by atoms with Crippen molar-refractivity contribution in [2.75, 3.05) is 0 Å². The number of halogens is 1. The number of rotatable bonds is 3. The maximum Gasteiger partial charge on any atom is 0.216 e. The fraction of sp³-hybridized carbons (Fsp3) is 0.233. The van der Waals surface area contributed by atoms with E-state index < -0.39 is 0 Å². The van der Waals surface area contributed by atoms with Gasteiger partial charge in [0.05, 0.1) is 10.9 Å². The quantitative estimate of drug-likeness (QED) is 0.263.